The fourth-order valence-electron chi connectivity index (χ4n) is 2.67. The maximum Gasteiger partial charge on any atom is 0.356 e. The molecule has 2 N–H and O–H groups in total. The van der Waals surface area contributed by atoms with E-state index >= 15 is 0 Å². The van der Waals surface area contributed by atoms with Crippen LogP contribution >= 0.6 is 11.6 Å². The first-order valence-corrected chi connectivity index (χ1v) is 8.06. The molecule has 0 spiro atoms. The lowest BCUT2D eigenvalue weighted by atomic mass is 9.96. The molecule has 0 fully saturated rings. The minimum absolute atomic E-state index is 0.0431. The molecule has 138 valence electrons. The van der Waals surface area contributed by atoms with Crippen LogP contribution in [0.5, 0.6) is 0 Å². The number of benzene rings is 1. The van der Waals surface area contributed by atoms with Crippen molar-refractivity contribution in [1.29, 1.82) is 10.5 Å². The van der Waals surface area contributed by atoms with Gasteiger partial charge in [-0.15, -0.1) is 0 Å². The van der Waals surface area contributed by atoms with Crippen molar-refractivity contribution in [2.45, 2.75) is 0 Å². The third-order valence-corrected chi connectivity index (χ3v) is 4.14. The highest BCUT2D eigenvalue weighted by Gasteiger charge is 2.28. The Morgan fingerprint density at radius 3 is 2.36 bits per heavy atom. The van der Waals surface area contributed by atoms with Crippen LogP contribution in [0, 0.1) is 22.7 Å². The molecule has 0 radical (unpaired) electrons. The Morgan fingerprint density at radius 2 is 1.79 bits per heavy atom. The van der Waals surface area contributed by atoms with Gasteiger partial charge >= 0.3 is 5.97 Å². The topological polar surface area (TPSA) is 137 Å². The molecule has 0 atom stereocenters. The number of anilines is 1. The van der Waals surface area contributed by atoms with E-state index in [1.165, 1.54) is 12.1 Å². The number of fused-ring (bicyclic) bond motifs is 1. The predicted octanol–water partition coefficient (Wildman–Crippen LogP) is 1.46. The number of nitrogens with zero attached hydrogens (tertiary/aromatic N) is 3. The molecular weight excluding hydrogens is 386 g/mol. The van der Waals surface area contributed by atoms with Crippen molar-refractivity contribution >= 4 is 29.3 Å². The Kier molecular flexibility index (Phi) is 4.86. The average Bonchev–Trinajstić information content (AvgIpc) is 2.87. The summed E-state index contributed by atoms with van der Waals surface area (Å²) in [4.78, 5) is 36.9. The maximum absolute atomic E-state index is 12.9. The lowest BCUT2D eigenvalue weighted by Crippen LogP contribution is -2.34. The number of ether oxygens (including phenoxy) is 1. The van der Waals surface area contributed by atoms with Crippen molar-refractivity contribution < 1.29 is 14.3 Å². The van der Waals surface area contributed by atoms with Gasteiger partial charge in [-0.05, 0) is 17.7 Å². The van der Waals surface area contributed by atoms with Crippen molar-refractivity contribution in [2.75, 3.05) is 17.9 Å². The molecule has 0 bridgehead atoms. The van der Waals surface area contributed by atoms with E-state index in [-0.39, 0.29) is 28.2 Å². The summed E-state index contributed by atoms with van der Waals surface area (Å²) in [7, 11) is 1.10. The number of amides is 1. The number of hydrogen-bond donors (Lipinski definition) is 2. The maximum atomic E-state index is 12.9. The second-order valence-corrected chi connectivity index (χ2v) is 5.93. The van der Waals surface area contributed by atoms with Crippen LogP contribution in [0.15, 0.2) is 40.8 Å². The van der Waals surface area contributed by atoms with Gasteiger partial charge in [0.15, 0.2) is 5.82 Å². The molecule has 0 unspecified atom stereocenters. The summed E-state index contributed by atoms with van der Waals surface area (Å²) in [5.41, 5.74) is 1.17. The largest absolute Gasteiger partial charge is 0.464 e. The van der Waals surface area contributed by atoms with Crippen LogP contribution in [0.3, 0.4) is 0 Å². The summed E-state index contributed by atoms with van der Waals surface area (Å²) in [5, 5.41) is 22.1. The number of halogens is 1. The van der Waals surface area contributed by atoms with Crippen molar-refractivity contribution in [1.82, 2.24) is 4.68 Å². The molecule has 2 aromatic rings. The van der Waals surface area contributed by atoms with Gasteiger partial charge in [-0.1, -0.05) is 23.7 Å². The van der Waals surface area contributed by atoms with Crippen LogP contribution in [-0.2, 0) is 14.3 Å². The summed E-state index contributed by atoms with van der Waals surface area (Å²) >= 11 is 5.88. The van der Waals surface area contributed by atoms with Crippen LogP contribution in [-0.4, -0.2) is 23.7 Å². The van der Waals surface area contributed by atoms with E-state index in [0.29, 0.717) is 10.6 Å². The van der Waals surface area contributed by atoms with E-state index < -0.39 is 17.4 Å². The number of aromatic nitrogens is 1. The Hall–Kier alpha value is -4.08. The minimum Gasteiger partial charge on any atom is -0.464 e. The van der Waals surface area contributed by atoms with Gasteiger partial charge in [-0.2, -0.15) is 10.5 Å². The monoisotopic (exact) mass is 395 g/mol. The second-order valence-electron chi connectivity index (χ2n) is 5.50. The first kappa shape index (κ1) is 18.7. The van der Waals surface area contributed by atoms with Crippen LogP contribution in [0.25, 0.3) is 11.1 Å². The van der Waals surface area contributed by atoms with Crippen molar-refractivity contribution in [3.63, 3.8) is 0 Å². The molecule has 1 amide bonds. The number of rotatable bonds is 2. The van der Waals surface area contributed by atoms with Gasteiger partial charge in [0, 0.05) is 16.7 Å². The van der Waals surface area contributed by atoms with Crippen LogP contribution in [0.1, 0.15) is 11.1 Å². The zero-order valence-corrected chi connectivity index (χ0v) is 15.0. The van der Waals surface area contributed by atoms with Crippen molar-refractivity contribution in [3.8, 4) is 23.3 Å². The van der Waals surface area contributed by atoms with Gasteiger partial charge in [-0.25, -0.2) is 9.47 Å². The molecule has 1 aromatic carbocycles. The lowest BCUT2D eigenvalue weighted by Gasteiger charge is -2.17. The summed E-state index contributed by atoms with van der Waals surface area (Å²) in [6.07, 6.45) is 0.882. The van der Waals surface area contributed by atoms with E-state index in [9.17, 15) is 24.9 Å². The summed E-state index contributed by atoms with van der Waals surface area (Å²) < 4.78 is 5.31. The molecule has 28 heavy (non-hydrogen) atoms. The second kappa shape index (κ2) is 7.27. The highest BCUT2D eigenvalue weighted by Crippen LogP contribution is 2.31. The van der Waals surface area contributed by atoms with E-state index in [0.717, 1.165) is 17.9 Å². The number of esters is 1. The molecule has 9 nitrogen and oxygen atoms in total. The number of carbonyl (C=O) groups excluding carboxylic acids is 2. The predicted molar refractivity (Wildman–Crippen MR) is 98.7 cm³/mol. The van der Waals surface area contributed by atoms with Gasteiger partial charge in [-0.3, -0.25) is 15.0 Å². The molecule has 1 aromatic heterocycles. The Morgan fingerprint density at radius 1 is 1.14 bits per heavy atom. The summed E-state index contributed by atoms with van der Waals surface area (Å²) in [6.45, 7) is 0. The zero-order chi connectivity index (χ0) is 20.4. The number of pyridine rings is 1. The van der Waals surface area contributed by atoms with E-state index in [1.54, 1.807) is 18.2 Å². The Bertz CT molecular complexity index is 1180. The average molecular weight is 396 g/mol. The first-order valence-electron chi connectivity index (χ1n) is 7.68. The quantitative estimate of drug-likeness (QED) is 0.734. The van der Waals surface area contributed by atoms with Crippen LogP contribution in [0.4, 0.5) is 5.82 Å². The van der Waals surface area contributed by atoms with Gasteiger partial charge in [0.25, 0.3) is 11.5 Å². The highest BCUT2D eigenvalue weighted by molar-refractivity contribution is 6.30. The SMILES string of the molecule is COC(=O)C1=CC(=O)Nc2c(C#N)c(-c3ccc(Cl)cc3)c(C#N)c(=O)n2N1. The third kappa shape index (κ3) is 3.07. The molecule has 0 saturated heterocycles. The van der Waals surface area contributed by atoms with E-state index in [2.05, 4.69) is 15.5 Å². The van der Waals surface area contributed by atoms with Gasteiger partial charge in [0.05, 0.1) is 7.11 Å². The lowest BCUT2D eigenvalue weighted by molar-refractivity contribution is -0.136. The molecule has 2 heterocycles. The van der Waals surface area contributed by atoms with Gasteiger partial charge < -0.3 is 10.1 Å². The standard InChI is InChI=1S/C18H10ClN5O4/c1-28-18(27)13-6-14(25)22-16-11(7-20)15(9-2-4-10(19)5-3-9)12(8-21)17(26)24(16)23-13/h2-6,23H,1H3,(H,22,25). The number of methoxy groups -OCH3 is 1. The van der Waals surface area contributed by atoms with Gasteiger partial charge in [0.2, 0.25) is 0 Å². The van der Waals surface area contributed by atoms with Gasteiger partial charge in [0.1, 0.15) is 29.0 Å². The molecule has 0 aliphatic carbocycles. The Balaban J connectivity index is 2.36. The van der Waals surface area contributed by atoms with Crippen molar-refractivity contribution in [3.05, 3.63) is 62.5 Å². The zero-order valence-electron chi connectivity index (χ0n) is 14.2. The molecule has 1 aliphatic heterocycles. The van der Waals surface area contributed by atoms with Crippen molar-refractivity contribution in [2.24, 2.45) is 0 Å². The minimum atomic E-state index is -0.909. The normalized spacial score (nSPS) is 12.3. The number of nitriles is 2. The van der Waals surface area contributed by atoms with Crippen LogP contribution < -0.4 is 16.3 Å². The summed E-state index contributed by atoms with van der Waals surface area (Å²) in [5.74, 6) is -1.88. The molecule has 1 aliphatic rings. The van der Waals surface area contributed by atoms with Crippen LogP contribution in [0.2, 0.25) is 5.02 Å². The number of hydrogen-bond acceptors (Lipinski definition) is 7. The smallest absolute Gasteiger partial charge is 0.356 e. The number of nitrogens with one attached hydrogen (secondary N) is 2. The van der Waals surface area contributed by atoms with E-state index in [1.807, 2.05) is 6.07 Å². The third-order valence-electron chi connectivity index (χ3n) is 3.89. The fraction of sp³-hybridized carbons (Fsp3) is 0.0556. The fourth-order valence-corrected chi connectivity index (χ4v) is 2.80. The first-order chi connectivity index (χ1) is 13.4. The highest BCUT2D eigenvalue weighted by atomic mass is 35.5. The molecule has 3 rings (SSSR count). The Labute approximate surface area is 163 Å². The molecular formula is C18H10ClN5O4. The molecule has 0 saturated carbocycles. The summed E-state index contributed by atoms with van der Waals surface area (Å²) in [6, 6.07) is 9.85. The number of carbonyl (C=O) groups is 2. The van der Waals surface area contributed by atoms with E-state index in [4.69, 9.17) is 11.6 Å². The molecule has 10 heteroatoms.